The standard InChI is InChI=1S/C14H12N2O2S/c1-16-8-4-6-11(16)12(17)9-19-14-15-10-5-2-3-7-13(10)18-14/h2-8H,9H2,1H3. The zero-order valence-electron chi connectivity index (χ0n) is 10.4. The van der Waals surface area contributed by atoms with Crippen LogP contribution in [0.5, 0.6) is 0 Å². The number of para-hydroxylation sites is 2. The molecule has 5 heteroatoms. The van der Waals surface area contributed by atoms with Gasteiger partial charge in [0.25, 0.3) is 5.22 Å². The molecule has 0 atom stereocenters. The molecule has 0 aliphatic rings. The van der Waals surface area contributed by atoms with Crippen LogP contribution in [0.1, 0.15) is 10.5 Å². The van der Waals surface area contributed by atoms with Crippen molar-refractivity contribution in [3.05, 3.63) is 48.3 Å². The number of hydrogen-bond acceptors (Lipinski definition) is 4. The average Bonchev–Trinajstić information content (AvgIpc) is 3.01. The van der Waals surface area contributed by atoms with Crippen LogP contribution in [0.3, 0.4) is 0 Å². The van der Waals surface area contributed by atoms with Gasteiger partial charge in [0.05, 0.1) is 11.4 Å². The summed E-state index contributed by atoms with van der Waals surface area (Å²) in [5.41, 5.74) is 2.26. The Hall–Kier alpha value is -2.01. The Morgan fingerprint density at radius 1 is 1.32 bits per heavy atom. The SMILES string of the molecule is Cn1cccc1C(=O)CSc1nc2ccccc2o1. The normalized spacial score (nSPS) is 11.0. The lowest BCUT2D eigenvalue weighted by atomic mass is 10.3. The number of nitrogens with zero attached hydrogens (tertiary/aromatic N) is 2. The third-order valence-corrected chi connectivity index (χ3v) is 3.66. The fourth-order valence-corrected chi connectivity index (χ4v) is 2.58. The molecule has 0 aliphatic heterocycles. The number of fused-ring (bicyclic) bond motifs is 1. The quantitative estimate of drug-likeness (QED) is 0.541. The molecule has 0 spiro atoms. The minimum absolute atomic E-state index is 0.0692. The molecular weight excluding hydrogens is 260 g/mol. The van der Waals surface area contributed by atoms with Crippen LogP contribution in [-0.2, 0) is 7.05 Å². The summed E-state index contributed by atoms with van der Waals surface area (Å²) in [6.07, 6.45) is 1.86. The van der Waals surface area contributed by atoms with Gasteiger partial charge in [0.15, 0.2) is 11.4 Å². The number of benzene rings is 1. The van der Waals surface area contributed by atoms with Crippen LogP contribution < -0.4 is 0 Å². The van der Waals surface area contributed by atoms with Crippen molar-refractivity contribution in [1.82, 2.24) is 9.55 Å². The fraction of sp³-hybridized carbons (Fsp3) is 0.143. The average molecular weight is 272 g/mol. The van der Waals surface area contributed by atoms with Crippen molar-refractivity contribution < 1.29 is 9.21 Å². The van der Waals surface area contributed by atoms with Gasteiger partial charge in [-0.2, -0.15) is 0 Å². The molecule has 0 saturated heterocycles. The van der Waals surface area contributed by atoms with E-state index in [9.17, 15) is 4.79 Å². The number of rotatable bonds is 4. The van der Waals surface area contributed by atoms with Crippen LogP contribution in [-0.4, -0.2) is 21.1 Å². The first kappa shape index (κ1) is 12.0. The van der Waals surface area contributed by atoms with Gasteiger partial charge in [-0.1, -0.05) is 23.9 Å². The van der Waals surface area contributed by atoms with Crippen LogP contribution in [0.2, 0.25) is 0 Å². The summed E-state index contributed by atoms with van der Waals surface area (Å²) < 4.78 is 7.37. The molecule has 1 aromatic carbocycles. The van der Waals surface area contributed by atoms with E-state index in [2.05, 4.69) is 4.98 Å². The zero-order valence-corrected chi connectivity index (χ0v) is 11.2. The zero-order chi connectivity index (χ0) is 13.2. The van der Waals surface area contributed by atoms with Gasteiger partial charge in [0.1, 0.15) is 5.52 Å². The highest BCUT2D eigenvalue weighted by atomic mass is 32.2. The molecule has 96 valence electrons. The van der Waals surface area contributed by atoms with Gasteiger partial charge in [-0.3, -0.25) is 4.79 Å². The molecule has 0 radical (unpaired) electrons. The Morgan fingerprint density at radius 2 is 2.16 bits per heavy atom. The van der Waals surface area contributed by atoms with Gasteiger partial charge in [0, 0.05) is 13.2 Å². The first-order chi connectivity index (χ1) is 9.24. The van der Waals surface area contributed by atoms with Gasteiger partial charge in [0.2, 0.25) is 0 Å². The van der Waals surface area contributed by atoms with Gasteiger partial charge in [-0.15, -0.1) is 0 Å². The molecule has 2 heterocycles. The topological polar surface area (TPSA) is 48.0 Å². The Kier molecular flexibility index (Phi) is 3.13. The smallest absolute Gasteiger partial charge is 0.257 e. The van der Waals surface area contributed by atoms with Crippen molar-refractivity contribution in [2.24, 2.45) is 7.05 Å². The van der Waals surface area contributed by atoms with E-state index in [-0.39, 0.29) is 5.78 Å². The molecule has 3 rings (SSSR count). The number of aryl methyl sites for hydroxylation is 1. The highest BCUT2D eigenvalue weighted by molar-refractivity contribution is 7.99. The minimum atomic E-state index is 0.0692. The van der Waals surface area contributed by atoms with Crippen molar-refractivity contribution in [1.29, 1.82) is 0 Å². The van der Waals surface area contributed by atoms with Crippen molar-refractivity contribution >= 4 is 28.6 Å². The lowest BCUT2D eigenvalue weighted by Gasteiger charge is -2.00. The van der Waals surface area contributed by atoms with Crippen LogP contribution >= 0.6 is 11.8 Å². The van der Waals surface area contributed by atoms with E-state index >= 15 is 0 Å². The molecular formula is C14H12N2O2S. The Bertz CT molecular complexity index is 697. The largest absolute Gasteiger partial charge is 0.431 e. The molecule has 0 aliphatic carbocycles. The predicted molar refractivity (Wildman–Crippen MR) is 74.5 cm³/mol. The van der Waals surface area contributed by atoms with Gasteiger partial charge in [-0.05, 0) is 24.3 Å². The van der Waals surface area contributed by atoms with Gasteiger partial charge >= 0.3 is 0 Å². The van der Waals surface area contributed by atoms with Crippen LogP contribution in [0.4, 0.5) is 0 Å². The molecule has 19 heavy (non-hydrogen) atoms. The third-order valence-electron chi connectivity index (χ3n) is 2.83. The van der Waals surface area contributed by atoms with E-state index in [4.69, 9.17) is 4.42 Å². The Morgan fingerprint density at radius 3 is 2.89 bits per heavy atom. The second-order valence-electron chi connectivity index (χ2n) is 4.16. The minimum Gasteiger partial charge on any atom is -0.431 e. The summed E-state index contributed by atoms with van der Waals surface area (Å²) in [4.78, 5) is 16.3. The maximum atomic E-state index is 12.0. The maximum Gasteiger partial charge on any atom is 0.257 e. The van der Waals surface area contributed by atoms with Crippen LogP contribution in [0, 0.1) is 0 Å². The fourth-order valence-electron chi connectivity index (χ4n) is 1.86. The lowest BCUT2D eigenvalue weighted by Crippen LogP contribution is -2.07. The number of carbonyl (C=O) groups excluding carboxylic acids is 1. The van der Waals surface area contributed by atoms with E-state index in [1.54, 1.807) is 0 Å². The highest BCUT2D eigenvalue weighted by Gasteiger charge is 2.12. The van der Waals surface area contributed by atoms with Crippen molar-refractivity contribution in [2.45, 2.75) is 5.22 Å². The Balaban J connectivity index is 1.72. The molecule has 0 unspecified atom stereocenters. The third kappa shape index (κ3) is 2.42. The van der Waals surface area contributed by atoms with Crippen LogP contribution in [0.25, 0.3) is 11.1 Å². The molecule has 0 N–H and O–H groups in total. The van der Waals surface area contributed by atoms with Crippen molar-refractivity contribution in [3.8, 4) is 0 Å². The number of ketones is 1. The first-order valence-corrected chi connectivity index (χ1v) is 6.85. The Labute approximate surface area is 114 Å². The van der Waals surface area contributed by atoms with Crippen molar-refractivity contribution in [3.63, 3.8) is 0 Å². The second-order valence-corrected chi connectivity index (χ2v) is 5.09. The summed E-state index contributed by atoms with van der Waals surface area (Å²) in [5.74, 6) is 0.393. The monoisotopic (exact) mass is 272 g/mol. The van der Waals surface area contributed by atoms with E-state index < -0.39 is 0 Å². The van der Waals surface area contributed by atoms with E-state index in [1.165, 1.54) is 11.8 Å². The molecule has 0 amide bonds. The van der Waals surface area contributed by atoms with Gasteiger partial charge < -0.3 is 8.98 Å². The summed E-state index contributed by atoms with van der Waals surface area (Å²) in [5, 5.41) is 0.531. The van der Waals surface area contributed by atoms with E-state index in [0.717, 1.165) is 11.1 Å². The van der Waals surface area contributed by atoms with Crippen LogP contribution in [0.15, 0.2) is 52.2 Å². The molecule has 4 nitrogen and oxygen atoms in total. The predicted octanol–water partition coefficient (Wildman–Crippen LogP) is 3.14. The second kappa shape index (κ2) is 4.93. The summed E-state index contributed by atoms with van der Waals surface area (Å²) in [6, 6.07) is 11.2. The lowest BCUT2D eigenvalue weighted by molar-refractivity contribution is 0.101. The van der Waals surface area contributed by atoms with E-state index in [1.807, 2.05) is 54.2 Å². The molecule has 0 saturated carbocycles. The number of carbonyl (C=O) groups is 1. The number of Topliss-reactive ketones (excluding diaryl/α,β-unsaturated/α-hetero) is 1. The summed E-state index contributed by atoms with van der Waals surface area (Å²) >= 11 is 1.32. The van der Waals surface area contributed by atoms with Gasteiger partial charge in [-0.25, -0.2) is 4.98 Å². The molecule has 3 aromatic rings. The number of hydrogen-bond donors (Lipinski definition) is 0. The number of oxazole rings is 1. The summed E-state index contributed by atoms with van der Waals surface area (Å²) in [7, 11) is 1.86. The highest BCUT2D eigenvalue weighted by Crippen LogP contribution is 2.23. The van der Waals surface area contributed by atoms with Crippen molar-refractivity contribution in [2.75, 3.05) is 5.75 Å². The molecule has 2 aromatic heterocycles. The molecule has 0 fully saturated rings. The molecule has 0 bridgehead atoms. The summed E-state index contributed by atoms with van der Waals surface area (Å²) in [6.45, 7) is 0. The number of aromatic nitrogens is 2. The maximum absolute atomic E-state index is 12.0. The van der Waals surface area contributed by atoms with E-state index in [0.29, 0.717) is 16.7 Å². The first-order valence-electron chi connectivity index (χ1n) is 5.87. The number of thioether (sulfide) groups is 1.